The highest BCUT2D eigenvalue weighted by molar-refractivity contribution is 8.00. The lowest BCUT2D eigenvalue weighted by Crippen LogP contribution is -2.53. The molecule has 0 unspecified atom stereocenters. The van der Waals surface area contributed by atoms with E-state index in [-0.39, 0.29) is 23.1 Å². The van der Waals surface area contributed by atoms with Gasteiger partial charge in [0.2, 0.25) is 11.8 Å². The number of hydrogen-bond donors (Lipinski definition) is 1. The molecule has 0 spiro atoms. The Morgan fingerprint density at radius 3 is 2.23 bits per heavy atom. The van der Waals surface area contributed by atoms with Crippen LogP contribution in [0.2, 0.25) is 0 Å². The number of nitrogens with one attached hydrogen (secondary N) is 1. The van der Waals surface area contributed by atoms with Crippen LogP contribution in [0, 0.1) is 0 Å². The molecule has 1 N–H and O–H groups in total. The summed E-state index contributed by atoms with van der Waals surface area (Å²) in [6.45, 7) is 8.13. The summed E-state index contributed by atoms with van der Waals surface area (Å²) in [5, 5.41) is 3.02. The highest BCUT2D eigenvalue weighted by atomic mass is 32.2. The Balaban J connectivity index is 2.22. The molecule has 5 nitrogen and oxygen atoms in total. The van der Waals surface area contributed by atoms with Crippen molar-refractivity contribution >= 4 is 23.6 Å². The van der Waals surface area contributed by atoms with Crippen LogP contribution in [0.4, 0.5) is 0 Å². The number of hydrogen-bond acceptors (Lipinski definition) is 4. The van der Waals surface area contributed by atoms with Gasteiger partial charge in [-0.3, -0.25) is 9.59 Å². The first kappa shape index (κ1) is 23.8. The van der Waals surface area contributed by atoms with Crippen LogP contribution in [0.15, 0.2) is 59.5 Å². The summed E-state index contributed by atoms with van der Waals surface area (Å²) >= 11 is 1.48. The molecular formula is C24H32N2O3S. The van der Waals surface area contributed by atoms with Crippen LogP contribution in [-0.4, -0.2) is 41.2 Å². The maximum absolute atomic E-state index is 13.2. The lowest BCUT2D eigenvalue weighted by atomic mass is 10.1. The number of nitrogens with zero attached hydrogens (tertiary/aromatic N) is 1. The fourth-order valence-electron chi connectivity index (χ4n) is 3.04. The largest absolute Gasteiger partial charge is 0.497 e. The van der Waals surface area contributed by atoms with Gasteiger partial charge in [0.1, 0.15) is 11.8 Å². The van der Waals surface area contributed by atoms with Gasteiger partial charge in [-0.2, -0.15) is 0 Å². The minimum Gasteiger partial charge on any atom is -0.497 e. The zero-order valence-corrected chi connectivity index (χ0v) is 19.3. The molecule has 2 aromatic rings. The van der Waals surface area contributed by atoms with Gasteiger partial charge >= 0.3 is 0 Å². The van der Waals surface area contributed by atoms with E-state index < -0.39 is 6.04 Å². The number of carbonyl (C=O) groups is 2. The van der Waals surface area contributed by atoms with E-state index in [1.807, 2.05) is 82.3 Å². The second-order valence-electron chi connectivity index (χ2n) is 8.13. The van der Waals surface area contributed by atoms with Gasteiger partial charge in [0, 0.05) is 17.0 Å². The fourth-order valence-corrected chi connectivity index (χ4v) is 3.85. The van der Waals surface area contributed by atoms with Crippen molar-refractivity contribution in [1.29, 1.82) is 0 Å². The number of ether oxygens (including phenoxy) is 1. The van der Waals surface area contributed by atoms with Crippen molar-refractivity contribution in [3.05, 3.63) is 60.2 Å². The number of amides is 2. The third-order valence-electron chi connectivity index (χ3n) is 4.50. The summed E-state index contributed by atoms with van der Waals surface area (Å²) in [5.74, 6) is 0.848. The molecule has 0 aromatic heterocycles. The molecule has 0 saturated heterocycles. The first-order chi connectivity index (χ1) is 14.2. The average molecular weight is 429 g/mol. The Morgan fingerprint density at radius 2 is 1.70 bits per heavy atom. The van der Waals surface area contributed by atoms with Crippen molar-refractivity contribution < 1.29 is 14.3 Å². The molecule has 162 valence electrons. The third-order valence-corrected chi connectivity index (χ3v) is 5.50. The van der Waals surface area contributed by atoms with Crippen LogP contribution >= 0.6 is 11.8 Å². The highest BCUT2D eigenvalue weighted by Gasteiger charge is 2.30. The van der Waals surface area contributed by atoms with E-state index in [0.717, 1.165) is 16.2 Å². The molecule has 30 heavy (non-hydrogen) atoms. The summed E-state index contributed by atoms with van der Waals surface area (Å²) < 4.78 is 5.22. The molecule has 2 aromatic carbocycles. The molecule has 0 aliphatic heterocycles. The number of benzene rings is 2. The molecule has 0 saturated carbocycles. The Hall–Kier alpha value is -2.47. The van der Waals surface area contributed by atoms with Crippen LogP contribution in [0.5, 0.6) is 5.75 Å². The lowest BCUT2D eigenvalue weighted by Gasteiger charge is -2.33. The van der Waals surface area contributed by atoms with E-state index in [1.54, 1.807) is 12.0 Å². The predicted octanol–water partition coefficient (Wildman–Crippen LogP) is 4.51. The normalized spacial score (nSPS) is 12.2. The standard InChI is InChI=1S/C24H32N2O3S/c1-6-21(23(28)25-24(2,3)4)26(16-18-12-14-19(29-5)15-13-18)22(27)17-30-20-10-8-7-9-11-20/h7-15,21H,6,16-17H2,1-5H3,(H,25,28)/t21-/m1/s1. The lowest BCUT2D eigenvalue weighted by molar-refractivity contribution is -0.140. The summed E-state index contributed by atoms with van der Waals surface area (Å²) in [6, 6.07) is 16.9. The van der Waals surface area contributed by atoms with Crippen molar-refractivity contribution in [1.82, 2.24) is 10.2 Å². The van der Waals surface area contributed by atoms with E-state index in [2.05, 4.69) is 5.32 Å². The predicted molar refractivity (Wildman–Crippen MR) is 123 cm³/mol. The second-order valence-corrected chi connectivity index (χ2v) is 9.18. The van der Waals surface area contributed by atoms with E-state index >= 15 is 0 Å². The fraction of sp³-hybridized carbons (Fsp3) is 0.417. The van der Waals surface area contributed by atoms with Crippen LogP contribution in [-0.2, 0) is 16.1 Å². The summed E-state index contributed by atoms with van der Waals surface area (Å²) in [4.78, 5) is 28.9. The molecule has 0 aliphatic carbocycles. The van der Waals surface area contributed by atoms with Gasteiger partial charge in [0.15, 0.2) is 0 Å². The minimum atomic E-state index is -0.532. The highest BCUT2D eigenvalue weighted by Crippen LogP contribution is 2.21. The van der Waals surface area contributed by atoms with Gasteiger partial charge in [0.05, 0.1) is 12.9 Å². The maximum atomic E-state index is 13.2. The molecule has 0 fully saturated rings. The molecule has 0 bridgehead atoms. The number of thioether (sulfide) groups is 1. The molecule has 2 rings (SSSR count). The number of carbonyl (C=O) groups excluding carboxylic acids is 2. The van der Waals surface area contributed by atoms with Gasteiger partial charge in [0.25, 0.3) is 0 Å². The molecule has 0 aliphatic rings. The first-order valence-electron chi connectivity index (χ1n) is 10.2. The SMILES string of the molecule is CC[C@H](C(=O)NC(C)(C)C)N(Cc1ccc(OC)cc1)C(=O)CSc1ccccc1. The monoisotopic (exact) mass is 428 g/mol. The second kappa shape index (κ2) is 11.1. The van der Waals surface area contributed by atoms with Gasteiger partial charge < -0.3 is 15.0 Å². The van der Waals surface area contributed by atoms with Crippen molar-refractivity contribution in [3.8, 4) is 5.75 Å². The van der Waals surface area contributed by atoms with E-state index in [9.17, 15) is 9.59 Å². The average Bonchev–Trinajstić information content (AvgIpc) is 2.71. The smallest absolute Gasteiger partial charge is 0.243 e. The van der Waals surface area contributed by atoms with E-state index in [1.165, 1.54) is 11.8 Å². The van der Waals surface area contributed by atoms with Crippen molar-refractivity contribution in [2.45, 2.75) is 57.1 Å². The zero-order chi connectivity index (χ0) is 22.1. The van der Waals surface area contributed by atoms with Crippen LogP contribution in [0.25, 0.3) is 0 Å². The topological polar surface area (TPSA) is 58.6 Å². The van der Waals surface area contributed by atoms with E-state index in [4.69, 9.17) is 4.74 Å². The molecule has 1 atom stereocenters. The molecule has 6 heteroatoms. The quantitative estimate of drug-likeness (QED) is 0.597. The summed E-state index contributed by atoms with van der Waals surface area (Å²) in [7, 11) is 1.62. The zero-order valence-electron chi connectivity index (χ0n) is 18.5. The summed E-state index contributed by atoms with van der Waals surface area (Å²) in [5.41, 5.74) is 0.592. The van der Waals surface area contributed by atoms with Gasteiger partial charge in [-0.25, -0.2) is 0 Å². The van der Waals surface area contributed by atoms with Crippen LogP contribution in [0.3, 0.4) is 0 Å². The summed E-state index contributed by atoms with van der Waals surface area (Å²) in [6.07, 6.45) is 0.541. The van der Waals surface area contributed by atoms with Gasteiger partial charge in [-0.15, -0.1) is 11.8 Å². The molecule has 2 amide bonds. The number of methoxy groups -OCH3 is 1. The van der Waals surface area contributed by atoms with Crippen LogP contribution in [0.1, 0.15) is 39.7 Å². The number of rotatable bonds is 9. The molecule has 0 radical (unpaired) electrons. The molecule has 0 heterocycles. The van der Waals surface area contributed by atoms with Crippen molar-refractivity contribution in [3.63, 3.8) is 0 Å². The van der Waals surface area contributed by atoms with Gasteiger partial charge in [-0.05, 0) is 57.0 Å². The first-order valence-corrected chi connectivity index (χ1v) is 11.1. The van der Waals surface area contributed by atoms with Crippen molar-refractivity contribution in [2.24, 2.45) is 0 Å². The van der Waals surface area contributed by atoms with Crippen LogP contribution < -0.4 is 10.1 Å². The Morgan fingerprint density at radius 1 is 1.07 bits per heavy atom. The Bertz CT molecular complexity index is 817. The van der Waals surface area contributed by atoms with E-state index in [0.29, 0.717) is 13.0 Å². The van der Waals surface area contributed by atoms with Crippen molar-refractivity contribution in [2.75, 3.05) is 12.9 Å². The molecular weight excluding hydrogens is 396 g/mol. The van der Waals surface area contributed by atoms with Gasteiger partial charge in [-0.1, -0.05) is 37.3 Å². The maximum Gasteiger partial charge on any atom is 0.243 e. The third kappa shape index (κ3) is 7.41. The Kier molecular flexibility index (Phi) is 8.78. The Labute approximate surface area is 184 Å². The minimum absolute atomic E-state index is 0.0596.